The SMILES string of the molecule is CCCCCCN=C(N)NCCS(=O)(=O)N1CCSCC1. The average molecular weight is 337 g/mol. The van der Waals surface area contributed by atoms with E-state index in [1.54, 1.807) is 16.1 Å². The predicted octanol–water partition coefficient (Wildman–Crippen LogP) is 0.850. The molecule has 6 nitrogen and oxygen atoms in total. The molecule has 0 atom stereocenters. The van der Waals surface area contributed by atoms with Crippen molar-refractivity contribution in [3.8, 4) is 0 Å². The molecule has 1 rings (SSSR count). The highest BCUT2D eigenvalue weighted by molar-refractivity contribution is 7.99. The maximum Gasteiger partial charge on any atom is 0.215 e. The number of aliphatic imine (C=N–C) groups is 1. The lowest BCUT2D eigenvalue weighted by Gasteiger charge is -2.25. The van der Waals surface area contributed by atoms with Gasteiger partial charge in [0.05, 0.1) is 5.75 Å². The highest BCUT2D eigenvalue weighted by Gasteiger charge is 2.23. The van der Waals surface area contributed by atoms with Crippen LogP contribution in [-0.4, -0.2) is 62.1 Å². The van der Waals surface area contributed by atoms with Gasteiger partial charge in [0.25, 0.3) is 0 Å². The lowest BCUT2D eigenvalue weighted by atomic mass is 10.2. The van der Waals surface area contributed by atoms with Gasteiger partial charge in [-0.25, -0.2) is 12.7 Å². The molecule has 0 radical (unpaired) electrons. The average Bonchev–Trinajstić information content (AvgIpc) is 2.48. The van der Waals surface area contributed by atoms with Gasteiger partial charge in [0.1, 0.15) is 0 Å². The van der Waals surface area contributed by atoms with Gasteiger partial charge in [0, 0.05) is 37.7 Å². The summed E-state index contributed by atoms with van der Waals surface area (Å²) in [5.41, 5.74) is 5.72. The van der Waals surface area contributed by atoms with E-state index in [0.29, 0.717) is 32.1 Å². The first-order valence-corrected chi connectivity index (χ1v) is 10.4. The van der Waals surface area contributed by atoms with Crippen molar-refractivity contribution in [3.63, 3.8) is 0 Å². The number of nitrogens with two attached hydrogens (primary N) is 1. The molecule has 1 heterocycles. The molecule has 21 heavy (non-hydrogen) atoms. The minimum Gasteiger partial charge on any atom is -0.370 e. The molecule has 124 valence electrons. The fourth-order valence-electron chi connectivity index (χ4n) is 2.06. The highest BCUT2D eigenvalue weighted by atomic mass is 32.2. The molecule has 1 aliphatic heterocycles. The Morgan fingerprint density at radius 1 is 1.29 bits per heavy atom. The maximum absolute atomic E-state index is 12.1. The fourth-order valence-corrected chi connectivity index (χ4v) is 4.55. The van der Waals surface area contributed by atoms with Crippen molar-refractivity contribution < 1.29 is 8.42 Å². The molecule has 0 spiro atoms. The van der Waals surface area contributed by atoms with Crippen LogP contribution in [0, 0.1) is 0 Å². The molecular formula is C13H28N4O2S2. The van der Waals surface area contributed by atoms with Gasteiger partial charge in [-0.3, -0.25) is 4.99 Å². The smallest absolute Gasteiger partial charge is 0.215 e. The Morgan fingerprint density at radius 2 is 2.00 bits per heavy atom. The van der Waals surface area contributed by atoms with Crippen molar-refractivity contribution in [2.45, 2.75) is 32.6 Å². The summed E-state index contributed by atoms with van der Waals surface area (Å²) in [5.74, 6) is 2.18. The van der Waals surface area contributed by atoms with Crippen LogP contribution in [0.25, 0.3) is 0 Å². The Morgan fingerprint density at radius 3 is 2.67 bits per heavy atom. The van der Waals surface area contributed by atoms with Gasteiger partial charge in [0.15, 0.2) is 5.96 Å². The molecule has 0 aromatic heterocycles. The molecule has 3 N–H and O–H groups in total. The van der Waals surface area contributed by atoms with E-state index in [4.69, 9.17) is 5.73 Å². The third-order valence-electron chi connectivity index (χ3n) is 3.32. The van der Waals surface area contributed by atoms with Crippen LogP contribution in [0.3, 0.4) is 0 Å². The van der Waals surface area contributed by atoms with Crippen molar-refractivity contribution in [1.82, 2.24) is 9.62 Å². The number of rotatable bonds is 9. The molecule has 8 heteroatoms. The third-order valence-corrected chi connectivity index (χ3v) is 6.14. The first-order valence-electron chi connectivity index (χ1n) is 7.65. The summed E-state index contributed by atoms with van der Waals surface area (Å²) in [5, 5.41) is 2.89. The molecule has 1 fully saturated rings. The molecule has 0 bridgehead atoms. The summed E-state index contributed by atoms with van der Waals surface area (Å²) in [6.45, 7) is 4.42. The van der Waals surface area contributed by atoms with E-state index in [1.165, 1.54) is 12.8 Å². The first kappa shape index (κ1) is 18.6. The van der Waals surface area contributed by atoms with Gasteiger partial charge in [-0.15, -0.1) is 0 Å². The molecule has 0 unspecified atom stereocenters. The molecule has 1 saturated heterocycles. The quantitative estimate of drug-likeness (QED) is 0.370. The van der Waals surface area contributed by atoms with Gasteiger partial charge in [0.2, 0.25) is 10.0 Å². The molecule has 0 amide bonds. The number of sulfonamides is 1. The second-order valence-electron chi connectivity index (χ2n) is 5.08. The first-order chi connectivity index (χ1) is 10.1. The van der Waals surface area contributed by atoms with Crippen LogP contribution in [0.4, 0.5) is 0 Å². The second-order valence-corrected chi connectivity index (χ2v) is 8.40. The minimum atomic E-state index is -3.16. The summed E-state index contributed by atoms with van der Waals surface area (Å²) in [4.78, 5) is 4.20. The summed E-state index contributed by atoms with van der Waals surface area (Å²) < 4.78 is 25.8. The lowest BCUT2D eigenvalue weighted by Crippen LogP contribution is -2.43. The van der Waals surface area contributed by atoms with Crippen LogP contribution >= 0.6 is 11.8 Å². The van der Waals surface area contributed by atoms with Crippen LogP contribution in [0.1, 0.15) is 32.6 Å². The zero-order chi connectivity index (χ0) is 15.6. The number of hydrogen-bond donors (Lipinski definition) is 2. The molecule has 0 aromatic carbocycles. The standard InChI is InChI=1S/C13H28N4O2S2/c1-2-3-4-5-6-15-13(14)16-7-12-21(18,19)17-8-10-20-11-9-17/h2-12H2,1H3,(H3,14,15,16). The number of guanidine groups is 1. The summed E-state index contributed by atoms with van der Waals surface area (Å²) in [7, 11) is -3.16. The Bertz CT molecular complexity index is 406. The molecule has 1 aliphatic rings. The Kier molecular flexibility index (Phi) is 9.10. The highest BCUT2D eigenvalue weighted by Crippen LogP contribution is 2.12. The van der Waals surface area contributed by atoms with Crippen molar-refractivity contribution >= 4 is 27.7 Å². The van der Waals surface area contributed by atoms with Crippen LogP contribution in [-0.2, 0) is 10.0 Å². The van der Waals surface area contributed by atoms with Crippen LogP contribution in [0.5, 0.6) is 0 Å². The number of nitrogens with one attached hydrogen (secondary N) is 1. The summed E-state index contributed by atoms with van der Waals surface area (Å²) in [6, 6.07) is 0. The second kappa shape index (κ2) is 10.3. The fraction of sp³-hybridized carbons (Fsp3) is 0.923. The van der Waals surface area contributed by atoms with E-state index in [-0.39, 0.29) is 5.75 Å². The molecule has 0 aliphatic carbocycles. The Hall–Kier alpha value is -0.470. The van der Waals surface area contributed by atoms with Gasteiger partial charge >= 0.3 is 0 Å². The molecule has 0 saturated carbocycles. The van der Waals surface area contributed by atoms with Crippen LogP contribution < -0.4 is 11.1 Å². The van der Waals surface area contributed by atoms with Crippen molar-refractivity contribution in [2.24, 2.45) is 10.7 Å². The summed E-state index contributed by atoms with van der Waals surface area (Å²) >= 11 is 1.80. The van der Waals surface area contributed by atoms with Crippen LogP contribution in [0.2, 0.25) is 0 Å². The van der Waals surface area contributed by atoms with E-state index < -0.39 is 10.0 Å². The van der Waals surface area contributed by atoms with Gasteiger partial charge in [-0.1, -0.05) is 26.2 Å². The largest absolute Gasteiger partial charge is 0.370 e. The van der Waals surface area contributed by atoms with Gasteiger partial charge in [-0.05, 0) is 6.42 Å². The zero-order valence-electron chi connectivity index (χ0n) is 12.9. The topological polar surface area (TPSA) is 87.8 Å². The van der Waals surface area contributed by atoms with E-state index in [9.17, 15) is 8.42 Å². The lowest BCUT2D eigenvalue weighted by molar-refractivity contribution is 0.443. The normalized spacial score (nSPS) is 17.9. The van der Waals surface area contributed by atoms with E-state index in [2.05, 4.69) is 17.2 Å². The summed E-state index contributed by atoms with van der Waals surface area (Å²) in [6.07, 6.45) is 4.61. The zero-order valence-corrected chi connectivity index (χ0v) is 14.5. The Balaban J connectivity index is 2.20. The van der Waals surface area contributed by atoms with E-state index >= 15 is 0 Å². The number of hydrogen-bond acceptors (Lipinski definition) is 4. The molecular weight excluding hydrogens is 308 g/mol. The van der Waals surface area contributed by atoms with E-state index in [1.807, 2.05) is 0 Å². The van der Waals surface area contributed by atoms with Crippen molar-refractivity contribution in [3.05, 3.63) is 0 Å². The van der Waals surface area contributed by atoms with Crippen molar-refractivity contribution in [2.75, 3.05) is 43.4 Å². The minimum absolute atomic E-state index is 0.0731. The third kappa shape index (κ3) is 7.92. The van der Waals surface area contributed by atoms with Gasteiger partial charge in [-0.2, -0.15) is 11.8 Å². The number of thioether (sulfide) groups is 1. The number of unbranched alkanes of at least 4 members (excludes halogenated alkanes) is 3. The maximum atomic E-state index is 12.1. The number of nitrogens with zero attached hydrogens (tertiary/aromatic N) is 2. The van der Waals surface area contributed by atoms with Gasteiger partial charge < -0.3 is 11.1 Å². The Labute approximate surface area is 133 Å². The van der Waals surface area contributed by atoms with Crippen molar-refractivity contribution in [1.29, 1.82) is 0 Å². The van der Waals surface area contributed by atoms with Crippen LogP contribution in [0.15, 0.2) is 4.99 Å². The monoisotopic (exact) mass is 336 g/mol. The molecule has 0 aromatic rings. The predicted molar refractivity (Wildman–Crippen MR) is 91.3 cm³/mol. The van der Waals surface area contributed by atoms with E-state index in [0.717, 1.165) is 24.3 Å².